The van der Waals surface area contributed by atoms with Crippen LogP contribution in [0.3, 0.4) is 0 Å². The highest BCUT2D eigenvalue weighted by atomic mass is 32.1. The number of unbranched alkanes of at least 4 members (excludes halogenated alkanes) is 1. The van der Waals surface area contributed by atoms with Crippen LogP contribution in [-0.2, 0) is 0 Å². The molecule has 3 heterocycles. The third-order valence-corrected chi connectivity index (χ3v) is 12.4. The Balaban J connectivity index is 1.15. The first-order valence-corrected chi connectivity index (χ1v) is 20.4. The van der Waals surface area contributed by atoms with E-state index in [1.54, 1.807) is 0 Å². The van der Waals surface area contributed by atoms with E-state index in [2.05, 4.69) is 147 Å². The van der Waals surface area contributed by atoms with Crippen molar-refractivity contribution in [2.45, 2.75) is 58.8 Å². The van der Waals surface area contributed by atoms with Crippen LogP contribution < -0.4 is 0 Å². The van der Waals surface area contributed by atoms with Crippen molar-refractivity contribution in [1.82, 2.24) is 9.97 Å². The van der Waals surface area contributed by atoms with Crippen LogP contribution in [0.1, 0.15) is 69.2 Å². The van der Waals surface area contributed by atoms with Crippen molar-refractivity contribution in [3.8, 4) is 44.0 Å². The standard InChI is InChI=1S/C51H44N2S/c1-3-5-15-34(4-2)46-47(36-16-8-6-9-17-36)51(54-50(46)39-18-10-7-11-19-39)40-27-23-35(24-28-40)41-30-31-44(43-22-13-12-21-42(41)43)45-32-29-38-26-25-37-20-14-33-52-48(37)49(38)53-45/h4,6,8-9,12-14,16-18,20-33H,3,5,7,10-11,15,19H2,1-2H3/b34-4+. The Labute approximate surface area is 322 Å². The number of allylic oxidation sites excluding steroid dienone is 4. The van der Waals surface area contributed by atoms with Crippen molar-refractivity contribution in [3.63, 3.8) is 0 Å². The van der Waals surface area contributed by atoms with Gasteiger partial charge in [0, 0.05) is 43.4 Å². The van der Waals surface area contributed by atoms with Crippen molar-refractivity contribution in [2.75, 3.05) is 0 Å². The minimum absolute atomic E-state index is 0.941. The first-order chi connectivity index (χ1) is 26.7. The molecule has 1 aliphatic carbocycles. The molecular weight excluding hydrogens is 673 g/mol. The fourth-order valence-electron chi connectivity index (χ4n) is 8.32. The highest BCUT2D eigenvalue weighted by Crippen LogP contribution is 2.51. The molecule has 0 saturated heterocycles. The van der Waals surface area contributed by atoms with E-state index in [4.69, 9.17) is 9.97 Å². The Morgan fingerprint density at radius 2 is 1.39 bits per heavy atom. The lowest BCUT2D eigenvalue weighted by Gasteiger charge is -2.17. The Morgan fingerprint density at radius 1 is 0.667 bits per heavy atom. The first kappa shape index (κ1) is 34.1. The third kappa shape index (κ3) is 6.27. The largest absolute Gasteiger partial charge is 0.254 e. The second-order valence-electron chi connectivity index (χ2n) is 14.5. The number of nitrogens with zero attached hydrogens (tertiary/aromatic N) is 2. The monoisotopic (exact) mass is 716 g/mol. The molecule has 8 aromatic rings. The van der Waals surface area contributed by atoms with Crippen molar-refractivity contribution >= 4 is 55.1 Å². The number of hydrogen-bond acceptors (Lipinski definition) is 3. The van der Waals surface area contributed by atoms with Crippen LogP contribution in [0.15, 0.2) is 146 Å². The van der Waals surface area contributed by atoms with Gasteiger partial charge in [0.05, 0.1) is 16.7 Å². The van der Waals surface area contributed by atoms with Gasteiger partial charge in [-0.25, -0.2) is 4.98 Å². The number of benzene rings is 5. The summed E-state index contributed by atoms with van der Waals surface area (Å²) in [6, 6.07) is 46.4. The summed E-state index contributed by atoms with van der Waals surface area (Å²) in [6.07, 6.45) is 15.2. The summed E-state index contributed by atoms with van der Waals surface area (Å²) in [6.45, 7) is 4.53. The molecule has 264 valence electrons. The zero-order valence-electron chi connectivity index (χ0n) is 31.1. The van der Waals surface area contributed by atoms with E-state index in [-0.39, 0.29) is 0 Å². The zero-order valence-corrected chi connectivity index (χ0v) is 31.9. The van der Waals surface area contributed by atoms with E-state index in [0.717, 1.165) is 45.9 Å². The number of fused-ring (bicyclic) bond motifs is 4. The molecule has 0 unspecified atom stereocenters. The number of aromatic nitrogens is 2. The van der Waals surface area contributed by atoms with Crippen molar-refractivity contribution < 1.29 is 0 Å². The molecular formula is C51H44N2S. The lowest BCUT2D eigenvalue weighted by molar-refractivity contribution is 0.743. The van der Waals surface area contributed by atoms with Crippen LogP contribution in [0.4, 0.5) is 0 Å². The molecule has 3 aromatic heterocycles. The van der Waals surface area contributed by atoms with Gasteiger partial charge in [-0.3, -0.25) is 4.98 Å². The smallest absolute Gasteiger partial charge is 0.0972 e. The van der Waals surface area contributed by atoms with Gasteiger partial charge in [-0.15, -0.1) is 11.3 Å². The van der Waals surface area contributed by atoms with Crippen molar-refractivity contribution in [3.05, 3.63) is 156 Å². The molecule has 0 spiro atoms. The van der Waals surface area contributed by atoms with Gasteiger partial charge in [-0.2, -0.15) is 0 Å². The average Bonchev–Trinajstić information content (AvgIpc) is 3.64. The van der Waals surface area contributed by atoms with Gasteiger partial charge in [0.2, 0.25) is 0 Å². The molecule has 0 fully saturated rings. The topological polar surface area (TPSA) is 25.8 Å². The molecule has 9 rings (SSSR count). The quantitative estimate of drug-likeness (QED) is 0.139. The molecule has 0 N–H and O–H groups in total. The van der Waals surface area contributed by atoms with Gasteiger partial charge in [0.1, 0.15) is 0 Å². The van der Waals surface area contributed by atoms with Gasteiger partial charge >= 0.3 is 0 Å². The summed E-state index contributed by atoms with van der Waals surface area (Å²) in [7, 11) is 0. The van der Waals surface area contributed by atoms with Crippen LogP contribution in [0.5, 0.6) is 0 Å². The number of pyridine rings is 2. The summed E-state index contributed by atoms with van der Waals surface area (Å²) in [5.74, 6) is 0. The summed E-state index contributed by atoms with van der Waals surface area (Å²) in [5, 5.41) is 4.63. The Bertz CT molecular complexity index is 2700. The SMILES string of the molecule is C/C=C(\CCCC)c1c(C2=CCCCC2)sc(-c2ccc(-c3ccc(-c4ccc5ccc6cccnc6c5n4)c4ccccc34)cc2)c1-c1ccccc1. The lowest BCUT2D eigenvalue weighted by atomic mass is 9.87. The van der Waals surface area contributed by atoms with E-state index < -0.39 is 0 Å². The predicted octanol–water partition coefficient (Wildman–Crippen LogP) is 15.2. The minimum Gasteiger partial charge on any atom is -0.254 e. The van der Waals surface area contributed by atoms with Gasteiger partial charge < -0.3 is 0 Å². The van der Waals surface area contributed by atoms with E-state index in [9.17, 15) is 0 Å². The van der Waals surface area contributed by atoms with Gasteiger partial charge in [0.25, 0.3) is 0 Å². The first-order valence-electron chi connectivity index (χ1n) is 19.6. The summed E-state index contributed by atoms with van der Waals surface area (Å²) < 4.78 is 0. The van der Waals surface area contributed by atoms with E-state index in [0.29, 0.717) is 0 Å². The average molecular weight is 717 g/mol. The third-order valence-electron chi connectivity index (χ3n) is 11.1. The van der Waals surface area contributed by atoms with Crippen molar-refractivity contribution in [2.24, 2.45) is 0 Å². The maximum absolute atomic E-state index is 5.21. The van der Waals surface area contributed by atoms with E-state index >= 15 is 0 Å². The molecule has 3 heteroatoms. The molecule has 54 heavy (non-hydrogen) atoms. The summed E-state index contributed by atoms with van der Waals surface area (Å²) in [4.78, 5) is 12.8. The lowest BCUT2D eigenvalue weighted by Crippen LogP contribution is -1.96. The number of thiophene rings is 1. The van der Waals surface area contributed by atoms with Crippen LogP contribution in [0, 0.1) is 0 Å². The number of hydrogen-bond donors (Lipinski definition) is 0. The number of rotatable bonds is 9. The predicted molar refractivity (Wildman–Crippen MR) is 234 cm³/mol. The van der Waals surface area contributed by atoms with E-state index in [1.807, 2.05) is 23.6 Å². The molecule has 2 nitrogen and oxygen atoms in total. The minimum atomic E-state index is 0.941. The second-order valence-corrected chi connectivity index (χ2v) is 15.5. The Hall–Kier alpha value is -5.64. The van der Waals surface area contributed by atoms with Gasteiger partial charge in [0.15, 0.2) is 0 Å². The molecule has 5 aromatic carbocycles. The van der Waals surface area contributed by atoms with Crippen LogP contribution in [-0.4, -0.2) is 9.97 Å². The van der Waals surface area contributed by atoms with Crippen LogP contribution in [0.2, 0.25) is 0 Å². The van der Waals surface area contributed by atoms with Crippen LogP contribution in [0.25, 0.3) is 87.7 Å². The van der Waals surface area contributed by atoms with E-state index in [1.165, 1.54) is 97.2 Å². The second kappa shape index (κ2) is 15.0. The summed E-state index contributed by atoms with van der Waals surface area (Å²) >= 11 is 2.00. The normalized spacial score (nSPS) is 13.5. The fraction of sp³-hybridized carbons (Fsp3) is 0.176. The van der Waals surface area contributed by atoms with Crippen LogP contribution >= 0.6 is 11.3 Å². The zero-order chi connectivity index (χ0) is 36.4. The molecule has 0 saturated carbocycles. The molecule has 0 atom stereocenters. The Morgan fingerprint density at radius 3 is 2.15 bits per heavy atom. The molecule has 0 radical (unpaired) electrons. The summed E-state index contributed by atoms with van der Waals surface area (Å²) in [5.41, 5.74) is 14.9. The molecule has 0 aliphatic heterocycles. The van der Waals surface area contributed by atoms with Gasteiger partial charge in [-0.1, -0.05) is 141 Å². The highest BCUT2D eigenvalue weighted by molar-refractivity contribution is 7.17. The maximum atomic E-state index is 5.21. The van der Waals surface area contributed by atoms with Crippen molar-refractivity contribution in [1.29, 1.82) is 0 Å². The fourth-order valence-corrected chi connectivity index (χ4v) is 9.75. The molecule has 1 aliphatic rings. The Kier molecular flexibility index (Phi) is 9.49. The molecule has 0 bridgehead atoms. The highest BCUT2D eigenvalue weighted by Gasteiger charge is 2.25. The van der Waals surface area contributed by atoms with Gasteiger partial charge in [-0.05, 0) is 102 Å². The molecule has 0 amide bonds. The maximum Gasteiger partial charge on any atom is 0.0972 e.